The van der Waals surface area contributed by atoms with Gasteiger partial charge in [-0.15, -0.1) is 0 Å². The molecule has 0 saturated carbocycles. The molecule has 0 N–H and O–H groups in total. The molecule has 0 heterocycles. The van der Waals surface area contributed by atoms with E-state index in [0.29, 0.717) is 0 Å². The molecule has 1 aromatic carbocycles. The van der Waals surface area contributed by atoms with Crippen LogP contribution in [0.2, 0.25) is 0 Å². The van der Waals surface area contributed by atoms with E-state index in [1.54, 1.807) is 0 Å². The summed E-state index contributed by atoms with van der Waals surface area (Å²) in [5.41, 5.74) is 1.49. The van der Waals surface area contributed by atoms with Crippen LogP contribution in [0.4, 0.5) is 0 Å². The molecule has 0 aliphatic rings. The first-order chi connectivity index (χ1) is 11.3. The predicted molar refractivity (Wildman–Crippen MR) is 108 cm³/mol. The van der Waals surface area contributed by atoms with E-state index in [0.717, 1.165) is 6.42 Å². The van der Waals surface area contributed by atoms with Crippen LogP contribution in [0.5, 0.6) is 0 Å². The highest BCUT2D eigenvalue weighted by atomic mass is 32.1. The van der Waals surface area contributed by atoms with Crippen LogP contribution >= 0.6 is 12.2 Å². The van der Waals surface area contributed by atoms with Crippen molar-refractivity contribution in [2.24, 2.45) is 0 Å². The molecule has 0 aliphatic heterocycles. The van der Waals surface area contributed by atoms with Crippen molar-refractivity contribution in [3.05, 3.63) is 35.9 Å². The van der Waals surface area contributed by atoms with Crippen molar-refractivity contribution in [2.75, 3.05) is 0 Å². The van der Waals surface area contributed by atoms with Crippen LogP contribution in [-0.4, -0.2) is 4.86 Å². The molecule has 23 heavy (non-hydrogen) atoms. The summed E-state index contributed by atoms with van der Waals surface area (Å²) in [5, 5.41) is 0. The van der Waals surface area contributed by atoms with E-state index in [9.17, 15) is 0 Å². The van der Waals surface area contributed by atoms with Gasteiger partial charge in [0.2, 0.25) is 0 Å². The van der Waals surface area contributed by atoms with Crippen LogP contribution in [0, 0.1) is 0 Å². The van der Waals surface area contributed by atoms with Crippen molar-refractivity contribution in [2.45, 2.75) is 96.8 Å². The fourth-order valence-corrected chi connectivity index (χ4v) is 3.26. The van der Waals surface area contributed by atoms with Crippen LogP contribution < -0.4 is 0 Å². The molecule has 0 aliphatic carbocycles. The Morgan fingerprint density at radius 2 is 1.09 bits per heavy atom. The second-order valence-electron chi connectivity index (χ2n) is 6.93. The van der Waals surface area contributed by atoms with Gasteiger partial charge in [-0.1, -0.05) is 107 Å². The molecule has 0 radical (unpaired) electrons. The number of benzene rings is 1. The highest BCUT2D eigenvalue weighted by Gasteiger charge is 1.95. The molecule has 1 heteroatoms. The Hall–Kier alpha value is -0.690. The van der Waals surface area contributed by atoms with Gasteiger partial charge >= 0.3 is 0 Å². The molecular formula is C22H36S. The van der Waals surface area contributed by atoms with E-state index in [4.69, 9.17) is 12.2 Å². The third kappa shape index (κ3) is 13.4. The smallest absolute Gasteiger partial charge is 0.0102 e. The minimum absolute atomic E-state index is 1.15. The van der Waals surface area contributed by atoms with E-state index in [1.807, 2.05) is 0 Å². The average molecular weight is 333 g/mol. The minimum Gasteiger partial charge on any atom is -0.0900 e. The maximum atomic E-state index is 5.11. The fourth-order valence-electron chi connectivity index (χ4n) is 3.12. The molecule has 0 bridgehead atoms. The van der Waals surface area contributed by atoms with E-state index < -0.39 is 0 Å². The second kappa shape index (κ2) is 14.9. The quantitative estimate of drug-likeness (QED) is 0.234. The van der Waals surface area contributed by atoms with Gasteiger partial charge in [-0.05, 0) is 43.0 Å². The third-order valence-electron chi connectivity index (χ3n) is 4.59. The summed E-state index contributed by atoms with van der Waals surface area (Å²) in [6.45, 7) is 2.07. The number of thiocarbonyl (C=S) groups is 1. The van der Waals surface area contributed by atoms with Gasteiger partial charge in [0, 0.05) is 0 Å². The lowest BCUT2D eigenvalue weighted by Crippen LogP contribution is -1.87. The van der Waals surface area contributed by atoms with Gasteiger partial charge in [0.25, 0.3) is 0 Å². The first kappa shape index (κ1) is 20.4. The molecular weight excluding hydrogens is 296 g/mol. The van der Waals surface area contributed by atoms with Gasteiger partial charge in [0.15, 0.2) is 0 Å². The maximum absolute atomic E-state index is 5.11. The molecule has 0 saturated heterocycles. The Morgan fingerprint density at radius 3 is 1.57 bits per heavy atom. The number of rotatable bonds is 15. The molecule has 0 fully saturated rings. The summed E-state index contributed by atoms with van der Waals surface area (Å²) in [5.74, 6) is 0. The molecule has 0 nitrogen and oxygen atoms in total. The Balaban J connectivity index is 1.74. The lowest BCUT2D eigenvalue weighted by Gasteiger charge is -2.04. The molecule has 1 aromatic rings. The summed E-state index contributed by atoms with van der Waals surface area (Å²) < 4.78 is 0. The number of unbranched alkanes of at least 4 members (excludes halogenated alkanes) is 11. The third-order valence-corrected chi connectivity index (χ3v) is 4.79. The highest BCUT2D eigenvalue weighted by Crippen LogP contribution is 2.13. The van der Waals surface area contributed by atoms with Gasteiger partial charge in [0.1, 0.15) is 0 Å². The standard InChI is InChI=1S/C22H36S/c1-21(23)17-13-10-8-6-4-2-3-5-7-9-11-14-18-22-19-15-12-16-20-22/h12,15-16,19-20H,2-11,13-14,17-18H2,1H3. The summed E-state index contributed by atoms with van der Waals surface area (Å²) in [6.07, 6.45) is 19.3. The Morgan fingerprint density at radius 1 is 0.652 bits per heavy atom. The zero-order valence-corrected chi connectivity index (χ0v) is 16.0. The van der Waals surface area contributed by atoms with Crippen LogP contribution in [0.3, 0.4) is 0 Å². The fraction of sp³-hybridized carbons (Fsp3) is 0.682. The second-order valence-corrected chi connectivity index (χ2v) is 7.63. The topological polar surface area (TPSA) is 0 Å². The SMILES string of the molecule is CC(=S)CCCCCCCCCCCCCCc1ccccc1. The number of hydrogen-bond donors (Lipinski definition) is 0. The van der Waals surface area contributed by atoms with Crippen molar-refractivity contribution in [1.82, 2.24) is 0 Å². The van der Waals surface area contributed by atoms with Gasteiger partial charge in [0.05, 0.1) is 0 Å². The first-order valence-electron chi connectivity index (χ1n) is 9.82. The molecule has 0 spiro atoms. The Kier molecular flexibility index (Phi) is 13.2. The van der Waals surface area contributed by atoms with Crippen LogP contribution in [0.15, 0.2) is 30.3 Å². The molecule has 1 rings (SSSR count). The monoisotopic (exact) mass is 332 g/mol. The molecule has 0 aromatic heterocycles. The lowest BCUT2D eigenvalue weighted by molar-refractivity contribution is 0.542. The first-order valence-corrected chi connectivity index (χ1v) is 10.2. The number of aryl methyl sites for hydroxylation is 1. The molecule has 130 valence electrons. The summed E-state index contributed by atoms with van der Waals surface area (Å²) in [4.78, 5) is 1.17. The molecule has 0 amide bonds. The highest BCUT2D eigenvalue weighted by molar-refractivity contribution is 7.80. The van der Waals surface area contributed by atoms with Crippen LogP contribution in [0.25, 0.3) is 0 Å². The van der Waals surface area contributed by atoms with Crippen LogP contribution in [0.1, 0.15) is 96.0 Å². The van der Waals surface area contributed by atoms with Gasteiger partial charge < -0.3 is 0 Å². The van der Waals surface area contributed by atoms with Crippen molar-refractivity contribution in [3.8, 4) is 0 Å². The van der Waals surface area contributed by atoms with Crippen molar-refractivity contribution in [1.29, 1.82) is 0 Å². The van der Waals surface area contributed by atoms with Gasteiger partial charge in [-0.25, -0.2) is 0 Å². The zero-order chi connectivity index (χ0) is 16.6. The van der Waals surface area contributed by atoms with Crippen molar-refractivity contribution >= 4 is 17.1 Å². The van der Waals surface area contributed by atoms with Crippen molar-refractivity contribution < 1.29 is 0 Å². The normalized spacial score (nSPS) is 10.8. The van der Waals surface area contributed by atoms with E-state index in [-0.39, 0.29) is 0 Å². The van der Waals surface area contributed by atoms with E-state index >= 15 is 0 Å². The van der Waals surface area contributed by atoms with E-state index in [2.05, 4.69) is 37.3 Å². The molecule has 0 atom stereocenters. The Bertz CT molecular complexity index is 382. The minimum atomic E-state index is 1.15. The zero-order valence-electron chi connectivity index (χ0n) is 15.2. The lowest BCUT2D eigenvalue weighted by atomic mass is 10.0. The van der Waals surface area contributed by atoms with Gasteiger partial charge in [-0.2, -0.15) is 0 Å². The largest absolute Gasteiger partial charge is 0.0900 e. The maximum Gasteiger partial charge on any atom is -0.0102 e. The summed E-state index contributed by atoms with van der Waals surface area (Å²) >= 11 is 5.11. The van der Waals surface area contributed by atoms with Gasteiger partial charge in [-0.3, -0.25) is 0 Å². The summed E-state index contributed by atoms with van der Waals surface area (Å²) in [7, 11) is 0. The predicted octanol–water partition coefficient (Wildman–Crippen LogP) is 7.69. The Labute approximate surface area is 150 Å². The average Bonchev–Trinajstić information content (AvgIpc) is 2.56. The van der Waals surface area contributed by atoms with Crippen molar-refractivity contribution in [3.63, 3.8) is 0 Å². The van der Waals surface area contributed by atoms with Crippen LogP contribution in [-0.2, 0) is 6.42 Å². The van der Waals surface area contributed by atoms with E-state index in [1.165, 1.54) is 93.9 Å². The summed E-state index contributed by atoms with van der Waals surface area (Å²) in [6, 6.07) is 10.9. The molecule has 0 unspecified atom stereocenters. The number of hydrogen-bond acceptors (Lipinski definition) is 1.